The zero-order chi connectivity index (χ0) is 20.9. The van der Waals surface area contributed by atoms with Gasteiger partial charge in [0, 0.05) is 12.8 Å². The van der Waals surface area contributed by atoms with Crippen molar-refractivity contribution in [3.05, 3.63) is 12.3 Å². The summed E-state index contributed by atoms with van der Waals surface area (Å²) in [6.45, 7) is 0.575. The maximum Gasteiger partial charge on any atom is 0.210 e. The maximum absolute atomic E-state index is 11.6. The van der Waals surface area contributed by atoms with Crippen LogP contribution in [0.1, 0.15) is 19.8 Å². The molecule has 0 aromatic rings. The van der Waals surface area contributed by atoms with Crippen molar-refractivity contribution in [2.24, 2.45) is 5.92 Å². The summed E-state index contributed by atoms with van der Waals surface area (Å²) in [5.41, 5.74) is -3.84. The summed E-state index contributed by atoms with van der Waals surface area (Å²) in [4.78, 5) is 11.6. The highest BCUT2D eigenvalue weighted by molar-refractivity contribution is 5.76. The number of carbonyl (C=O) groups is 1. The van der Waals surface area contributed by atoms with E-state index >= 15 is 0 Å². The SMILES string of the molecule is CC(=O)CC1(O)CC(O)C2(O)C=COC(OC3OC(CO)C(O)C(O)C3O)C12. The highest BCUT2D eigenvalue weighted by atomic mass is 16.8. The molecule has 28 heavy (non-hydrogen) atoms. The van der Waals surface area contributed by atoms with E-state index in [0.717, 1.165) is 12.3 Å². The second-order valence-electron chi connectivity index (χ2n) is 7.71. The molecule has 2 aliphatic heterocycles. The number of ketones is 1. The number of aliphatic hydroxyl groups is 7. The molecule has 1 saturated carbocycles. The van der Waals surface area contributed by atoms with Crippen LogP contribution in [0.3, 0.4) is 0 Å². The van der Waals surface area contributed by atoms with E-state index in [0.29, 0.717) is 0 Å². The lowest BCUT2D eigenvalue weighted by atomic mass is 9.78. The van der Waals surface area contributed by atoms with Crippen LogP contribution >= 0.6 is 0 Å². The van der Waals surface area contributed by atoms with E-state index in [2.05, 4.69) is 0 Å². The fourth-order valence-electron chi connectivity index (χ4n) is 4.29. The van der Waals surface area contributed by atoms with Crippen molar-refractivity contribution in [2.75, 3.05) is 6.61 Å². The van der Waals surface area contributed by atoms with Gasteiger partial charge in [0.2, 0.25) is 6.29 Å². The number of ether oxygens (including phenoxy) is 3. The van der Waals surface area contributed by atoms with E-state index in [1.165, 1.54) is 6.92 Å². The molecule has 0 aromatic heterocycles. The summed E-state index contributed by atoms with van der Waals surface area (Å²) in [6, 6.07) is 0. The highest BCUT2D eigenvalue weighted by Crippen LogP contribution is 2.51. The Morgan fingerprint density at radius 2 is 1.82 bits per heavy atom. The fourth-order valence-corrected chi connectivity index (χ4v) is 4.29. The first-order valence-corrected chi connectivity index (χ1v) is 8.95. The van der Waals surface area contributed by atoms with Crippen molar-refractivity contribution in [1.82, 2.24) is 0 Å². The van der Waals surface area contributed by atoms with Crippen LogP contribution in [0.15, 0.2) is 12.3 Å². The fraction of sp³-hybridized carbons (Fsp3) is 0.824. The Balaban J connectivity index is 1.87. The van der Waals surface area contributed by atoms with Crippen molar-refractivity contribution in [3.63, 3.8) is 0 Å². The van der Waals surface area contributed by atoms with Crippen LogP contribution in [-0.2, 0) is 19.0 Å². The minimum Gasteiger partial charge on any atom is -0.472 e. The van der Waals surface area contributed by atoms with Crippen molar-refractivity contribution in [1.29, 1.82) is 0 Å². The van der Waals surface area contributed by atoms with Gasteiger partial charge in [-0.25, -0.2) is 0 Å². The minimum atomic E-state index is -1.97. The smallest absolute Gasteiger partial charge is 0.210 e. The van der Waals surface area contributed by atoms with Crippen molar-refractivity contribution >= 4 is 5.78 Å². The van der Waals surface area contributed by atoms with Gasteiger partial charge in [0.1, 0.15) is 35.8 Å². The Morgan fingerprint density at radius 3 is 2.43 bits per heavy atom. The van der Waals surface area contributed by atoms with E-state index in [9.17, 15) is 40.5 Å². The molecule has 160 valence electrons. The molecule has 10 atom stereocenters. The molecule has 0 radical (unpaired) electrons. The number of hydrogen-bond donors (Lipinski definition) is 7. The summed E-state index contributed by atoms with van der Waals surface area (Å²) in [5.74, 6) is -1.71. The number of carbonyl (C=O) groups excluding carboxylic acids is 1. The maximum atomic E-state index is 11.6. The predicted octanol–water partition coefficient (Wildman–Crippen LogP) is -3.50. The number of hydrogen-bond acceptors (Lipinski definition) is 11. The molecule has 11 heteroatoms. The average molecular weight is 406 g/mol. The zero-order valence-electron chi connectivity index (χ0n) is 15.2. The van der Waals surface area contributed by atoms with Gasteiger partial charge in [0.05, 0.1) is 30.5 Å². The van der Waals surface area contributed by atoms with Gasteiger partial charge in [-0.3, -0.25) is 4.79 Å². The van der Waals surface area contributed by atoms with Crippen LogP contribution in [0.25, 0.3) is 0 Å². The van der Waals surface area contributed by atoms with E-state index in [4.69, 9.17) is 14.2 Å². The van der Waals surface area contributed by atoms with Gasteiger partial charge in [-0.1, -0.05) is 0 Å². The summed E-state index contributed by atoms with van der Waals surface area (Å²) in [5, 5.41) is 71.3. The Kier molecular flexibility index (Phi) is 5.85. The lowest BCUT2D eigenvalue weighted by Crippen LogP contribution is -2.62. The first-order chi connectivity index (χ1) is 13.0. The number of rotatable bonds is 5. The minimum absolute atomic E-state index is 0.323. The molecule has 11 nitrogen and oxygen atoms in total. The second kappa shape index (κ2) is 7.59. The monoisotopic (exact) mass is 406 g/mol. The first kappa shape index (κ1) is 21.6. The zero-order valence-corrected chi connectivity index (χ0v) is 15.2. The van der Waals surface area contributed by atoms with Crippen molar-refractivity contribution < 1.29 is 54.8 Å². The normalized spacial score (nSPS) is 50.9. The Labute approximate surface area is 160 Å². The average Bonchev–Trinajstić information content (AvgIpc) is 2.81. The lowest BCUT2D eigenvalue weighted by molar-refractivity contribution is -0.352. The van der Waals surface area contributed by atoms with Gasteiger partial charge in [-0.2, -0.15) is 0 Å². The molecular formula is C17H26O11. The van der Waals surface area contributed by atoms with Gasteiger partial charge >= 0.3 is 0 Å². The molecule has 0 amide bonds. The van der Waals surface area contributed by atoms with Gasteiger partial charge in [-0.05, 0) is 13.0 Å². The van der Waals surface area contributed by atoms with Gasteiger partial charge in [0.15, 0.2) is 6.29 Å². The largest absolute Gasteiger partial charge is 0.472 e. The lowest BCUT2D eigenvalue weighted by Gasteiger charge is -2.45. The highest BCUT2D eigenvalue weighted by Gasteiger charge is 2.66. The van der Waals surface area contributed by atoms with Crippen LogP contribution in [-0.4, -0.2) is 102 Å². The van der Waals surface area contributed by atoms with E-state index in [-0.39, 0.29) is 18.6 Å². The van der Waals surface area contributed by atoms with Crippen molar-refractivity contribution in [2.45, 2.75) is 74.1 Å². The van der Waals surface area contributed by atoms with E-state index < -0.39 is 66.8 Å². The Bertz CT molecular complexity index is 624. The molecule has 3 rings (SSSR count). The van der Waals surface area contributed by atoms with Crippen LogP contribution in [0.5, 0.6) is 0 Å². The van der Waals surface area contributed by atoms with Crippen LogP contribution in [0.2, 0.25) is 0 Å². The predicted molar refractivity (Wildman–Crippen MR) is 88.2 cm³/mol. The molecule has 2 heterocycles. The second-order valence-corrected chi connectivity index (χ2v) is 7.71. The standard InChI is InChI=1S/C17H26O11/c1-7(19)4-16(24)5-9(20)17(25)2-3-26-15(13(16)17)28-14-12(23)11(22)10(21)8(6-18)27-14/h2-3,8-15,18,20-25H,4-6H2,1H3. The molecule has 7 N–H and O–H groups in total. The summed E-state index contributed by atoms with van der Waals surface area (Å²) >= 11 is 0. The third kappa shape index (κ3) is 3.47. The molecule has 0 spiro atoms. The third-order valence-electron chi connectivity index (χ3n) is 5.65. The number of Topliss-reactive ketones (excluding diaryl/α,β-unsaturated/α-hetero) is 1. The Hall–Kier alpha value is -1.15. The first-order valence-electron chi connectivity index (χ1n) is 8.95. The number of fused-ring (bicyclic) bond motifs is 1. The van der Waals surface area contributed by atoms with Crippen molar-refractivity contribution in [3.8, 4) is 0 Å². The van der Waals surface area contributed by atoms with E-state index in [1.807, 2.05) is 0 Å². The summed E-state index contributed by atoms with van der Waals surface area (Å²) in [7, 11) is 0. The Morgan fingerprint density at radius 1 is 1.14 bits per heavy atom. The topological polar surface area (TPSA) is 186 Å². The van der Waals surface area contributed by atoms with Gasteiger partial charge < -0.3 is 50.0 Å². The third-order valence-corrected chi connectivity index (χ3v) is 5.65. The van der Waals surface area contributed by atoms with E-state index in [1.54, 1.807) is 0 Å². The molecule has 2 fully saturated rings. The number of aliphatic hydroxyl groups excluding tert-OH is 5. The molecule has 1 aliphatic carbocycles. The molecule has 0 bridgehead atoms. The van der Waals surface area contributed by atoms with Gasteiger partial charge in [-0.15, -0.1) is 0 Å². The summed E-state index contributed by atoms with van der Waals surface area (Å²) < 4.78 is 16.1. The molecule has 1 saturated heterocycles. The molecular weight excluding hydrogens is 380 g/mol. The van der Waals surface area contributed by atoms with Gasteiger partial charge in [0.25, 0.3) is 0 Å². The molecule has 3 aliphatic rings. The van der Waals surface area contributed by atoms with Crippen LogP contribution in [0, 0.1) is 5.92 Å². The molecule has 10 unspecified atom stereocenters. The van der Waals surface area contributed by atoms with Crippen LogP contribution in [0.4, 0.5) is 0 Å². The van der Waals surface area contributed by atoms with Crippen LogP contribution < -0.4 is 0 Å². The quantitative estimate of drug-likeness (QED) is 0.240. The summed E-state index contributed by atoms with van der Waals surface area (Å²) in [6.07, 6.45) is -9.23. The molecule has 0 aromatic carbocycles.